The molecule has 0 bridgehead atoms. The molecular weight excluding hydrogens is 180 g/mol. The monoisotopic (exact) mass is 184 g/mol. The fraction of sp³-hybridized carbons (Fsp3) is 0. The van der Waals surface area contributed by atoms with E-state index in [1.807, 2.05) is 0 Å². The molecule has 0 saturated carbocycles. The highest BCUT2D eigenvalue weighted by atomic mass is 35.5. The van der Waals surface area contributed by atoms with Gasteiger partial charge in [0.05, 0.1) is 12.5 Å². The fourth-order valence-electron chi connectivity index (χ4n) is 0.869. The number of rotatable bonds is 1. The van der Waals surface area contributed by atoms with Crippen LogP contribution in [0.4, 0.5) is 0 Å². The second-order valence-corrected chi connectivity index (χ2v) is 2.54. The Morgan fingerprint density at radius 1 is 1.58 bits per heavy atom. The zero-order valence-electron chi connectivity index (χ0n) is 5.94. The molecule has 2 rings (SSSR count). The molecule has 4 nitrogen and oxygen atoms in total. The van der Waals surface area contributed by atoms with Crippen molar-refractivity contribution >= 4 is 11.6 Å². The molecule has 0 saturated heterocycles. The SMILES string of the molecule is Oc1cnn(-c2ccco2)c1Cl. The van der Waals surface area contributed by atoms with Gasteiger partial charge in [0.2, 0.25) is 5.88 Å². The van der Waals surface area contributed by atoms with E-state index in [-0.39, 0.29) is 10.9 Å². The van der Waals surface area contributed by atoms with Gasteiger partial charge in [0.1, 0.15) is 0 Å². The maximum Gasteiger partial charge on any atom is 0.221 e. The lowest BCUT2D eigenvalue weighted by Crippen LogP contribution is -1.92. The maximum atomic E-state index is 9.08. The molecule has 0 spiro atoms. The highest BCUT2D eigenvalue weighted by Gasteiger charge is 2.09. The van der Waals surface area contributed by atoms with E-state index >= 15 is 0 Å². The van der Waals surface area contributed by atoms with E-state index in [0.29, 0.717) is 5.88 Å². The largest absolute Gasteiger partial charge is 0.504 e. The molecule has 2 aromatic rings. The molecule has 0 radical (unpaired) electrons. The van der Waals surface area contributed by atoms with Crippen molar-refractivity contribution in [1.82, 2.24) is 9.78 Å². The average molecular weight is 185 g/mol. The van der Waals surface area contributed by atoms with Crippen molar-refractivity contribution < 1.29 is 9.52 Å². The van der Waals surface area contributed by atoms with E-state index in [4.69, 9.17) is 21.1 Å². The topological polar surface area (TPSA) is 51.2 Å². The Morgan fingerprint density at radius 3 is 2.92 bits per heavy atom. The Bertz CT molecular complexity index is 380. The Balaban J connectivity index is 2.55. The van der Waals surface area contributed by atoms with Gasteiger partial charge < -0.3 is 9.52 Å². The van der Waals surface area contributed by atoms with Crippen LogP contribution < -0.4 is 0 Å². The molecule has 0 unspecified atom stereocenters. The van der Waals surface area contributed by atoms with E-state index in [9.17, 15) is 0 Å². The average Bonchev–Trinajstić information content (AvgIpc) is 2.64. The molecule has 0 aliphatic carbocycles. The standard InChI is InChI=1S/C7H5ClN2O2/c8-7-5(11)4-9-10(7)6-2-1-3-12-6/h1-4,11H. The van der Waals surface area contributed by atoms with Crippen LogP contribution in [0.2, 0.25) is 5.15 Å². The first-order valence-corrected chi connectivity index (χ1v) is 3.63. The van der Waals surface area contributed by atoms with E-state index in [1.165, 1.54) is 17.1 Å². The summed E-state index contributed by atoms with van der Waals surface area (Å²) in [6.07, 6.45) is 2.76. The lowest BCUT2D eigenvalue weighted by molar-refractivity contribution is 0.473. The first-order valence-electron chi connectivity index (χ1n) is 3.25. The molecule has 2 aromatic heterocycles. The van der Waals surface area contributed by atoms with E-state index in [2.05, 4.69) is 5.10 Å². The molecule has 1 N–H and O–H groups in total. The zero-order chi connectivity index (χ0) is 8.55. The molecule has 0 amide bonds. The summed E-state index contributed by atoms with van der Waals surface area (Å²) in [4.78, 5) is 0. The third kappa shape index (κ3) is 0.967. The first-order chi connectivity index (χ1) is 5.79. The summed E-state index contributed by atoms with van der Waals surface area (Å²) in [7, 11) is 0. The lowest BCUT2D eigenvalue weighted by atomic mass is 10.6. The number of hydrogen-bond donors (Lipinski definition) is 1. The van der Waals surface area contributed by atoms with Gasteiger partial charge in [-0.15, -0.1) is 0 Å². The molecular formula is C7H5ClN2O2. The smallest absolute Gasteiger partial charge is 0.221 e. The van der Waals surface area contributed by atoms with Gasteiger partial charge in [0, 0.05) is 6.07 Å². The minimum absolute atomic E-state index is 0.0620. The summed E-state index contributed by atoms with van der Waals surface area (Å²) < 4.78 is 6.32. The number of nitrogens with zero attached hydrogens (tertiary/aromatic N) is 2. The number of furan rings is 1. The first kappa shape index (κ1) is 7.24. The maximum absolute atomic E-state index is 9.08. The van der Waals surface area contributed by atoms with Crippen LogP contribution in [0.15, 0.2) is 29.0 Å². The quantitative estimate of drug-likeness (QED) is 0.736. The molecule has 0 aliphatic heterocycles. The number of hydrogen-bond acceptors (Lipinski definition) is 3. The number of aromatic hydroxyl groups is 1. The van der Waals surface area contributed by atoms with Crippen LogP contribution in [-0.2, 0) is 0 Å². The molecule has 62 valence electrons. The van der Waals surface area contributed by atoms with Gasteiger partial charge in [-0.2, -0.15) is 9.78 Å². The molecule has 12 heavy (non-hydrogen) atoms. The van der Waals surface area contributed by atoms with Crippen molar-refractivity contribution in [3.05, 3.63) is 29.7 Å². The Kier molecular flexibility index (Phi) is 1.55. The molecule has 5 heteroatoms. The zero-order valence-corrected chi connectivity index (χ0v) is 6.69. The second kappa shape index (κ2) is 2.57. The van der Waals surface area contributed by atoms with Crippen molar-refractivity contribution in [2.24, 2.45) is 0 Å². The summed E-state index contributed by atoms with van der Waals surface area (Å²) in [6, 6.07) is 3.41. The third-order valence-corrected chi connectivity index (χ3v) is 1.76. The summed E-state index contributed by atoms with van der Waals surface area (Å²) >= 11 is 5.69. The number of halogens is 1. The van der Waals surface area contributed by atoms with Crippen LogP contribution in [0.25, 0.3) is 5.88 Å². The van der Waals surface area contributed by atoms with Gasteiger partial charge >= 0.3 is 0 Å². The highest BCUT2D eigenvalue weighted by Crippen LogP contribution is 2.24. The van der Waals surface area contributed by atoms with Crippen LogP contribution >= 0.6 is 11.6 Å². The summed E-state index contributed by atoms with van der Waals surface area (Å²) in [6.45, 7) is 0. The van der Waals surface area contributed by atoms with Gasteiger partial charge in [0.15, 0.2) is 10.9 Å². The minimum atomic E-state index is -0.0620. The molecule has 0 atom stereocenters. The predicted octanol–water partition coefficient (Wildman–Crippen LogP) is 1.82. The van der Waals surface area contributed by atoms with Crippen LogP contribution in [-0.4, -0.2) is 14.9 Å². The van der Waals surface area contributed by atoms with Crippen molar-refractivity contribution in [1.29, 1.82) is 0 Å². The predicted molar refractivity (Wildman–Crippen MR) is 42.5 cm³/mol. The van der Waals surface area contributed by atoms with Crippen molar-refractivity contribution in [3.63, 3.8) is 0 Å². The van der Waals surface area contributed by atoms with E-state index < -0.39 is 0 Å². The van der Waals surface area contributed by atoms with E-state index in [1.54, 1.807) is 12.1 Å². The van der Waals surface area contributed by atoms with Gasteiger partial charge in [-0.1, -0.05) is 11.6 Å². The molecule has 0 fully saturated rings. The summed E-state index contributed by atoms with van der Waals surface area (Å²) in [5.41, 5.74) is 0. The minimum Gasteiger partial charge on any atom is -0.504 e. The van der Waals surface area contributed by atoms with E-state index in [0.717, 1.165) is 0 Å². The van der Waals surface area contributed by atoms with Crippen LogP contribution in [0, 0.1) is 0 Å². The Morgan fingerprint density at radius 2 is 2.42 bits per heavy atom. The lowest BCUT2D eigenvalue weighted by Gasteiger charge is -1.95. The van der Waals surface area contributed by atoms with Crippen molar-refractivity contribution in [3.8, 4) is 11.6 Å². The van der Waals surface area contributed by atoms with Gasteiger partial charge in [-0.25, -0.2) is 0 Å². The molecule has 0 aliphatic rings. The Hall–Kier alpha value is -1.42. The van der Waals surface area contributed by atoms with Crippen molar-refractivity contribution in [2.45, 2.75) is 0 Å². The molecule has 2 heterocycles. The number of aromatic nitrogens is 2. The summed E-state index contributed by atoms with van der Waals surface area (Å²) in [5, 5.41) is 13.0. The highest BCUT2D eigenvalue weighted by molar-refractivity contribution is 6.31. The Labute approximate surface area is 73.0 Å². The van der Waals surface area contributed by atoms with Crippen LogP contribution in [0.3, 0.4) is 0 Å². The fourth-order valence-corrected chi connectivity index (χ4v) is 1.04. The van der Waals surface area contributed by atoms with Gasteiger partial charge in [-0.3, -0.25) is 0 Å². The summed E-state index contributed by atoms with van der Waals surface area (Å²) in [5.74, 6) is 0.411. The van der Waals surface area contributed by atoms with Gasteiger partial charge in [-0.05, 0) is 6.07 Å². The van der Waals surface area contributed by atoms with Crippen LogP contribution in [0.1, 0.15) is 0 Å². The second-order valence-electron chi connectivity index (χ2n) is 2.18. The normalized spacial score (nSPS) is 10.4. The van der Waals surface area contributed by atoms with Crippen molar-refractivity contribution in [2.75, 3.05) is 0 Å². The van der Waals surface area contributed by atoms with Crippen LogP contribution in [0.5, 0.6) is 5.75 Å². The third-order valence-electron chi connectivity index (χ3n) is 1.41. The van der Waals surface area contributed by atoms with Gasteiger partial charge in [0.25, 0.3) is 0 Å². The molecule has 0 aromatic carbocycles.